The Balaban J connectivity index is 2.20. The van der Waals surface area contributed by atoms with E-state index >= 15 is 0 Å². The summed E-state index contributed by atoms with van der Waals surface area (Å²) in [6, 6.07) is 5.07. The number of carbonyl (C=O) groups excluding carboxylic acids is 1. The van der Waals surface area contributed by atoms with Gasteiger partial charge in [0.05, 0.1) is 34.0 Å². The molecule has 1 aromatic heterocycles. The van der Waals surface area contributed by atoms with Crippen molar-refractivity contribution in [2.45, 2.75) is 13.5 Å². The SMILES string of the molecule is Cc1ncsc1CN(C)C(=O)c1cccc(Cl)c1N. The molecule has 0 saturated heterocycles. The van der Waals surface area contributed by atoms with Crippen LogP contribution in [0.1, 0.15) is 20.9 Å². The minimum absolute atomic E-state index is 0.146. The van der Waals surface area contributed by atoms with Gasteiger partial charge < -0.3 is 10.6 Å². The molecule has 0 spiro atoms. The number of anilines is 1. The molecule has 2 N–H and O–H groups in total. The van der Waals surface area contributed by atoms with Crippen LogP contribution in [0.15, 0.2) is 23.7 Å². The van der Waals surface area contributed by atoms with Crippen LogP contribution < -0.4 is 5.73 Å². The summed E-state index contributed by atoms with van der Waals surface area (Å²) in [4.78, 5) is 19.2. The molecule has 19 heavy (non-hydrogen) atoms. The fraction of sp³-hybridized carbons (Fsp3) is 0.231. The summed E-state index contributed by atoms with van der Waals surface area (Å²) in [5, 5.41) is 0.397. The van der Waals surface area contributed by atoms with E-state index in [4.69, 9.17) is 17.3 Å². The van der Waals surface area contributed by atoms with E-state index in [2.05, 4.69) is 4.98 Å². The van der Waals surface area contributed by atoms with Crippen LogP contribution in [0, 0.1) is 6.92 Å². The van der Waals surface area contributed by atoms with Gasteiger partial charge in [-0.1, -0.05) is 17.7 Å². The molecule has 2 rings (SSSR count). The number of aryl methyl sites for hydroxylation is 1. The molecule has 0 fully saturated rings. The predicted octanol–water partition coefficient (Wildman–Crippen LogP) is 2.96. The highest BCUT2D eigenvalue weighted by molar-refractivity contribution is 7.09. The van der Waals surface area contributed by atoms with Gasteiger partial charge in [-0.3, -0.25) is 4.79 Å². The molecule has 0 radical (unpaired) electrons. The Hall–Kier alpha value is -1.59. The van der Waals surface area contributed by atoms with Crippen molar-refractivity contribution < 1.29 is 4.79 Å². The molecule has 1 heterocycles. The van der Waals surface area contributed by atoms with E-state index in [1.807, 2.05) is 6.92 Å². The standard InChI is InChI=1S/C13H14ClN3OS/c1-8-11(19-7-16-8)6-17(2)13(18)9-4-3-5-10(14)12(9)15/h3-5,7H,6,15H2,1-2H3. The molecule has 0 saturated carbocycles. The highest BCUT2D eigenvalue weighted by atomic mass is 35.5. The second kappa shape index (κ2) is 5.59. The van der Waals surface area contributed by atoms with Gasteiger partial charge in [0.25, 0.3) is 5.91 Å². The number of aromatic nitrogens is 1. The van der Waals surface area contributed by atoms with Crippen LogP contribution in [0.2, 0.25) is 5.02 Å². The van der Waals surface area contributed by atoms with Crippen LogP contribution in [-0.2, 0) is 6.54 Å². The van der Waals surface area contributed by atoms with E-state index in [1.165, 1.54) is 11.3 Å². The molecule has 0 aliphatic carbocycles. The van der Waals surface area contributed by atoms with Crippen LogP contribution in [0.4, 0.5) is 5.69 Å². The van der Waals surface area contributed by atoms with Crippen LogP contribution in [0.5, 0.6) is 0 Å². The number of nitrogens with two attached hydrogens (primary N) is 1. The molecule has 0 unspecified atom stereocenters. The van der Waals surface area contributed by atoms with Gasteiger partial charge in [0.2, 0.25) is 0 Å². The number of benzene rings is 1. The molecule has 100 valence electrons. The Morgan fingerprint density at radius 3 is 2.89 bits per heavy atom. The molecule has 0 aliphatic rings. The Kier molecular flexibility index (Phi) is 4.07. The smallest absolute Gasteiger partial charge is 0.256 e. The summed E-state index contributed by atoms with van der Waals surface area (Å²) in [6.45, 7) is 2.44. The number of halogens is 1. The predicted molar refractivity (Wildman–Crippen MR) is 78.5 cm³/mol. The molecule has 1 aromatic carbocycles. The van der Waals surface area contributed by atoms with Crippen LogP contribution >= 0.6 is 22.9 Å². The monoisotopic (exact) mass is 295 g/mol. The average molecular weight is 296 g/mol. The van der Waals surface area contributed by atoms with E-state index < -0.39 is 0 Å². The summed E-state index contributed by atoms with van der Waals surface area (Å²) >= 11 is 7.46. The summed E-state index contributed by atoms with van der Waals surface area (Å²) in [5.41, 5.74) is 9.31. The number of nitrogens with zero attached hydrogens (tertiary/aromatic N) is 2. The molecule has 4 nitrogen and oxygen atoms in total. The maximum atomic E-state index is 12.3. The first-order chi connectivity index (χ1) is 9.00. The summed E-state index contributed by atoms with van der Waals surface area (Å²) in [5.74, 6) is -0.146. The number of hydrogen-bond acceptors (Lipinski definition) is 4. The number of rotatable bonds is 3. The summed E-state index contributed by atoms with van der Waals surface area (Å²) in [7, 11) is 1.74. The van der Waals surface area contributed by atoms with Gasteiger partial charge in [-0.2, -0.15) is 0 Å². The first kappa shape index (κ1) is 13.8. The third kappa shape index (κ3) is 2.88. The summed E-state index contributed by atoms with van der Waals surface area (Å²) < 4.78 is 0. The maximum absolute atomic E-state index is 12.3. The van der Waals surface area contributed by atoms with Crippen molar-refractivity contribution in [3.63, 3.8) is 0 Å². The Labute approximate surface area is 120 Å². The minimum atomic E-state index is -0.146. The van der Waals surface area contributed by atoms with E-state index in [0.717, 1.165) is 10.6 Å². The third-order valence-corrected chi connectivity index (χ3v) is 4.11. The molecular weight excluding hydrogens is 282 g/mol. The van der Waals surface area contributed by atoms with E-state index in [-0.39, 0.29) is 5.91 Å². The number of hydrogen-bond donors (Lipinski definition) is 1. The van der Waals surface area contributed by atoms with E-state index in [9.17, 15) is 4.79 Å². The largest absolute Gasteiger partial charge is 0.397 e. The first-order valence-corrected chi connectivity index (χ1v) is 6.95. The molecule has 1 amide bonds. The van der Waals surface area contributed by atoms with Crippen molar-refractivity contribution in [1.82, 2.24) is 9.88 Å². The molecule has 2 aromatic rings. The number of nitrogen functional groups attached to an aromatic ring is 1. The van der Waals surface area contributed by atoms with E-state index in [0.29, 0.717) is 22.8 Å². The van der Waals surface area contributed by atoms with Crippen molar-refractivity contribution in [3.05, 3.63) is 44.9 Å². The Morgan fingerprint density at radius 1 is 1.53 bits per heavy atom. The van der Waals surface area contributed by atoms with Crippen molar-refractivity contribution in [2.75, 3.05) is 12.8 Å². The number of para-hydroxylation sites is 1. The molecule has 0 atom stereocenters. The lowest BCUT2D eigenvalue weighted by Gasteiger charge is -2.18. The van der Waals surface area contributed by atoms with Crippen molar-refractivity contribution in [1.29, 1.82) is 0 Å². The van der Waals surface area contributed by atoms with Gasteiger partial charge in [0, 0.05) is 11.9 Å². The maximum Gasteiger partial charge on any atom is 0.256 e. The highest BCUT2D eigenvalue weighted by Crippen LogP contribution is 2.24. The lowest BCUT2D eigenvalue weighted by molar-refractivity contribution is 0.0787. The second-order valence-electron chi connectivity index (χ2n) is 4.22. The number of thiazole rings is 1. The van der Waals surface area contributed by atoms with Gasteiger partial charge >= 0.3 is 0 Å². The van der Waals surface area contributed by atoms with E-state index in [1.54, 1.807) is 35.7 Å². The van der Waals surface area contributed by atoms with Gasteiger partial charge in [0.1, 0.15) is 0 Å². The van der Waals surface area contributed by atoms with Crippen molar-refractivity contribution in [2.24, 2.45) is 0 Å². The molecule has 0 aliphatic heterocycles. The Bertz CT molecular complexity index is 612. The van der Waals surface area contributed by atoms with Crippen LogP contribution in [0.3, 0.4) is 0 Å². The number of carbonyl (C=O) groups is 1. The van der Waals surface area contributed by atoms with Gasteiger partial charge in [-0.05, 0) is 19.1 Å². The lowest BCUT2D eigenvalue weighted by Crippen LogP contribution is -2.27. The average Bonchev–Trinajstić information content (AvgIpc) is 2.77. The van der Waals surface area contributed by atoms with Crippen molar-refractivity contribution >= 4 is 34.5 Å². The minimum Gasteiger partial charge on any atom is -0.397 e. The first-order valence-electron chi connectivity index (χ1n) is 5.69. The summed E-state index contributed by atoms with van der Waals surface area (Å²) in [6.07, 6.45) is 0. The van der Waals surface area contributed by atoms with Crippen LogP contribution in [0.25, 0.3) is 0 Å². The Morgan fingerprint density at radius 2 is 2.26 bits per heavy atom. The molecule has 0 bridgehead atoms. The van der Waals surface area contributed by atoms with Gasteiger partial charge in [-0.15, -0.1) is 11.3 Å². The lowest BCUT2D eigenvalue weighted by atomic mass is 10.1. The number of amides is 1. The zero-order valence-electron chi connectivity index (χ0n) is 10.7. The second-order valence-corrected chi connectivity index (χ2v) is 5.57. The fourth-order valence-corrected chi connectivity index (χ4v) is 2.70. The highest BCUT2D eigenvalue weighted by Gasteiger charge is 2.17. The molecular formula is C13H14ClN3OS. The zero-order chi connectivity index (χ0) is 14.0. The van der Waals surface area contributed by atoms with Gasteiger partial charge in [-0.25, -0.2) is 4.98 Å². The van der Waals surface area contributed by atoms with Gasteiger partial charge in [0.15, 0.2) is 0 Å². The van der Waals surface area contributed by atoms with Crippen LogP contribution in [-0.4, -0.2) is 22.8 Å². The quantitative estimate of drug-likeness (QED) is 0.886. The van der Waals surface area contributed by atoms with Crippen molar-refractivity contribution in [3.8, 4) is 0 Å². The topological polar surface area (TPSA) is 59.2 Å². The third-order valence-electron chi connectivity index (χ3n) is 2.86. The normalized spacial score (nSPS) is 10.5. The zero-order valence-corrected chi connectivity index (χ0v) is 12.3. The fourth-order valence-electron chi connectivity index (χ4n) is 1.69. The molecule has 6 heteroatoms.